The van der Waals surface area contributed by atoms with Gasteiger partial charge in [-0.15, -0.1) is 11.3 Å². The molecule has 0 amide bonds. The average Bonchev–Trinajstić information content (AvgIpc) is 2.84. The van der Waals surface area contributed by atoms with E-state index >= 15 is 0 Å². The molecule has 1 N–H and O–H groups in total. The van der Waals surface area contributed by atoms with Crippen LogP contribution in [0.15, 0.2) is 6.07 Å². The number of piperidine rings is 1. The van der Waals surface area contributed by atoms with E-state index in [0.717, 1.165) is 37.2 Å². The van der Waals surface area contributed by atoms with Gasteiger partial charge in [-0.05, 0) is 37.8 Å². The Balaban J connectivity index is 1.75. The Morgan fingerprint density at radius 1 is 1.41 bits per heavy atom. The zero-order valence-corrected chi connectivity index (χ0v) is 13.7. The van der Waals surface area contributed by atoms with E-state index in [1.165, 1.54) is 21.8 Å². The number of hydrogen-bond donors (Lipinski definition) is 1. The van der Waals surface area contributed by atoms with Crippen LogP contribution < -0.4 is 0 Å². The Labute approximate surface area is 133 Å². The van der Waals surface area contributed by atoms with E-state index in [2.05, 4.69) is 4.90 Å². The number of rotatable bonds is 4. The zero-order chi connectivity index (χ0) is 15.7. The maximum atomic E-state index is 12.6. The Bertz CT molecular complexity index is 510. The lowest BCUT2D eigenvalue weighted by molar-refractivity contribution is -0.0977. The first kappa shape index (κ1) is 16.3. The highest BCUT2D eigenvalue weighted by Crippen LogP contribution is 2.45. The summed E-state index contributed by atoms with van der Waals surface area (Å²) in [6.45, 7) is 4.92. The largest absolute Gasteiger partial charge is 0.392 e. The van der Waals surface area contributed by atoms with Gasteiger partial charge in [0.2, 0.25) is 6.43 Å². The summed E-state index contributed by atoms with van der Waals surface area (Å²) in [5, 5.41) is 9.51. The van der Waals surface area contributed by atoms with Gasteiger partial charge in [0.1, 0.15) is 5.60 Å². The number of aliphatic hydroxyl groups is 1. The van der Waals surface area contributed by atoms with Crippen molar-refractivity contribution >= 4 is 11.3 Å². The van der Waals surface area contributed by atoms with Crippen LogP contribution in [0.5, 0.6) is 0 Å². The molecule has 6 heteroatoms. The van der Waals surface area contributed by atoms with Crippen LogP contribution in [0.4, 0.5) is 8.78 Å². The second-order valence-corrected chi connectivity index (χ2v) is 7.54. The molecule has 1 aromatic heterocycles. The van der Waals surface area contributed by atoms with Crippen molar-refractivity contribution in [3.63, 3.8) is 0 Å². The fourth-order valence-corrected chi connectivity index (χ4v) is 4.99. The van der Waals surface area contributed by atoms with Crippen LogP contribution in [0.3, 0.4) is 0 Å². The van der Waals surface area contributed by atoms with Crippen molar-refractivity contribution < 1.29 is 18.6 Å². The summed E-state index contributed by atoms with van der Waals surface area (Å²) in [6.07, 6.45) is -0.181. The second kappa shape index (κ2) is 6.51. The number of hydrogen-bond acceptors (Lipinski definition) is 4. The van der Waals surface area contributed by atoms with E-state index in [1.807, 2.05) is 6.07 Å². The van der Waals surface area contributed by atoms with Crippen LogP contribution in [0.25, 0.3) is 0 Å². The van der Waals surface area contributed by atoms with Crippen LogP contribution >= 0.6 is 11.3 Å². The quantitative estimate of drug-likeness (QED) is 0.921. The third kappa shape index (κ3) is 3.35. The highest BCUT2D eigenvalue weighted by Gasteiger charge is 2.42. The lowest BCUT2D eigenvalue weighted by Gasteiger charge is -2.44. The fourth-order valence-electron chi connectivity index (χ4n) is 3.57. The molecule has 1 fully saturated rings. The van der Waals surface area contributed by atoms with Gasteiger partial charge in [0.05, 0.1) is 12.7 Å². The molecule has 1 atom stereocenters. The monoisotopic (exact) mass is 331 g/mol. The molecule has 3 nitrogen and oxygen atoms in total. The third-order valence-corrected chi connectivity index (χ3v) is 5.95. The van der Waals surface area contributed by atoms with E-state index in [0.29, 0.717) is 13.2 Å². The molecule has 3 heterocycles. The molecule has 0 bridgehead atoms. The maximum absolute atomic E-state index is 12.6. The molecule has 1 spiro atoms. The molecule has 0 aliphatic carbocycles. The lowest BCUT2D eigenvalue weighted by atomic mass is 9.85. The molecule has 22 heavy (non-hydrogen) atoms. The SMILES string of the molecule is CC(O)CN1CCC2(CC1)OCCc1cc(CC(F)F)sc12. The molecule has 124 valence electrons. The smallest absolute Gasteiger partial charge is 0.243 e. The van der Waals surface area contributed by atoms with Crippen molar-refractivity contribution in [3.8, 4) is 0 Å². The Morgan fingerprint density at radius 3 is 2.77 bits per heavy atom. The molecule has 1 unspecified atom stereocenters. The Kier molecular flexibility index (Phi) is 4.83. The van der Waals surface area contributed by atoms with E-state index < -0.39 is 6.43 Å². The number of fused-ring (bicyclic) bond motifs is 2. The lowest BCUT2D eigenvalue weighted by Crippen LogP contribution is -2.47. The number of β-amino-alcohol motifs (C(OH)–C–C–N with tert-alkyl or cyclic N) is 1. The first-order valence-electron chi connectivity index (χ1n) is 7.93. The van der Waals surface area contributed by atoms with Crippen molar-refractivity contribution in [1.29, 1.82) is 0 Å². The number of halogens is 2. The summed E-state index contributed by atoms with van der Waals surface area (Å²) in [5.74, 6) is 0. The highest BCUT2D eigenvalue weighted by atomic mass is 32.1. The Hall–Kier alpha value is -0.560. The molecule has 0 aromatic carbocycles. The van der Waals surface area contributed by atoms with Crippen LogP contribution in [0, 0.1) is 0 Å². The van der Waals surface area contributed by atoms with Gasteiger partial charge in [-0.3, -0.25) is 0 Å². The van der Waals surface area contributed by atoms with E-state index in [-0.39, 0.29) is 18.1 Å². The zero-order valence-electron chi connectivity index (χ0n) is 12.9. The molecule has 3 rings (SSSR count). The number of ether oxygens (including phenoxy) is 1. The molecule has 2 aliphatic heterocycles. The third-order valence-electron chi connectivity index (χ3n) is 4.57. The Morgan fingerprint density at radius 2 is 2.14 bits per heavy atom. The first-order chi connectivity index (χ1) is 10.5. The number of nitrogens with zero attached hydrogens (tertiary/aromatic N) is 1. The van der Waals surface area contributed by atoms with Gasteiger partial charge in [-0.1, -0.05) is 0 Å². The van der Waals surface area contributed by atoms with Gasteiger partial charge >= 0.3 is 0 Å². The van der Waals surface area contributed by atoms with Gasteiger partial charge in [-0.2, -0.15) is 0 Å². The summed E-state index contributed by atoms with van der Waals surface area (Å²) < 4.78 is 31.4. The fraction of sp³-hybridized carbons (Fsp3) is 0.750. The van der Waals surface area contributed by atoms with E-state index in [1.54, 1.807) is 6.92 Å². The number of alkyl halides is 2. The maximum Gasteiger partial charge on any atom is 0.243 e. The topological polar surface area (TPSA) is 32.7 Å². The molecule has 1 aromatic rings. The minimum absolute atomic E-state index is 0.151. The van der Waals surface area contributed by atoms with Crippen LogP contribution in [-0.4, -0.2) is 48.8 Å². The first-order valence-corrected chi connectivity index (χ1v) is 8.75. The van der Waals surface area contributed by atoms with Crippen molar-refractivity contribution in [2.75, 3.05) is 26.2 Å². The van der Waals surface area contributed by atoms with Gasteiger partial charge in [-0.25, -0.2) is 8.78 Å². The molecule has 0 saturated carbocycles. The summed E-state index contributed by atoms with van der Waals surface area (Å²) in [7, 11) is 0. The van der Waals surface area contributed by atoms with E-state index in [9.17, 15) is 13.9 Å². The van der Waals surface area contributed by atoms with Crippen LogP contribution in [0.2, 0.25) is 0 Å². The normalized spacial score (nSPS) is 23.0. The standard InChI is InChI=1S/C16H23F2NO2S/c1-11(20)10-19-5-3-16(4-6-19)15-12(2-7-21-16)8-13(22-15)9-14(17)18/h8,11,14,20H,2-7,9-10H2,1H3. The molecular weight excluding hydrogens is 308 g/mol. The average molecular weight is 331 g/mol. The summed E-state index contributed by atoms with van der Waals surface area (Å²) in [5.41, 5.74) is 0.921. The van der Waals surface area contributed by atoms with Crippen LogP contribution in [-0.2, 0) is 23.2 Å². The van der Waals surface area contributed by atoms with Crippen LogP contribution in [0.1, 0.15) is 35.1 Å². The minimum atomic E-state index is -2.29. The van der Waals surface area contributed by atoms with Gasteiger partial charge < -0.3 is 14.7 Å². The molecule has 2 aliphatic rings. The molecular formula is C16H23F2NO2S. The minimum Gasteiger partial charge on any atom is -0.392 e. The number of likely N-dealkylation sites (tertiary alicyclic amines) is 1. The summed E-state index contributed by atoms with van der Waals surface area (Å²) in [4.78, 5) is 4.20. The summed E-state index contributed by atoms with van der Waals surface area (Å²) >= 11 is 1.51. The van der Waals surface area contributed by atoms with Gasteiger partial charge in [0.15, 0.2) is 0 Å². The van der Waals surface area contributed by atoms with Crippen molar-refractivity contribution in [3.05, 3.63) is 21.4 Å². The predicted octanol–water partition coefficient (Wildman–Crippen LogP) is 2.80. The van der Waals surface area contributed by atoms with Gasteiger partial charge in [0, 0.05) is 35.8 Å². The number of aliphatic hydroxyl groups excluding tert-OH is 1. The summed E-state index contributed by atoms with van der Waals surface area (Å²) in [6, 6.07) is 1.96. The van der Waals surface area contributed by atoms with Crippen molar-refractivity contribution in [2.45, 2.75) is 50.7 Å². The predicted molar refractivity (Wildman–Crippen MR) is 82.7 cm³/mol. The number of thiophene rings is 1. The highest BCUT2D eigenvalue weighted by molar-refractivity contribution is 7.12. The van der Waals surface area contributed by atoms with Crippen molar-refractivity contribution in [1.82, 2.24) is 4.90 Å². The van der Waals surface area contributed by atoms with E-state index in [4.69, 9.17) is 4.74 Å². The van der Waals surface area contributed by atoms with Crippen molar-refractivity contribution in [2.24, 2.45) is 0 Å². The molecule has 1 saturated heterocycles. The molecule has 0 radical (unpaired) electrons. The second-order valence-electron chi connectivity index (χ2n) is 6.40. The van der Waals surface area contributed by atoms with Gasteiger partial charge in [0.25, 0.3) is 0 Å².